The van der Waals surface area contributed by atoms with Crippen molar-refractivity contribution >= 4 is 27.4 Å². The van der Waals surface area contributed by atoms with Crippen LogP contribution in [0.3, 0.4) is 0 Å². The molecule has 1 aromatic rings. The number of nitrogens with zero attached hydrogens (tertiary/aromatic N) is 1. The predicted molar refractivity (Wildman–Crippen MR) is 55.2 cm³/mol. The Morgan fingerprint density at radius 3 is 2.92 bits per heavy atom. The molecule has 3 N–H and O–H groups in total. The minimum atomic E-state index is 0.526. The van der Waals surface area contributed by atoms with E-state index in [0.29, 0.717) is 12.4 Å². The summed E-state index contributed by atoms with van der Waals surface area (Å²) in [5, 5.41) is 3.11. The first-order chi connectivity index (χ1) is 5.68. The number of pyridine rings is 1. The number of halogens is 1. The first-order valence-corrected chi connectivity index (χ1v) is 4.26. The largest absolute Gasteiger partial charge is 0.384 e. The van der Waals surface area contributed by atoms with Gasteiger partial charge in [-0.05, 0) is 12.1 Å². The van der Waals surface area contributed by atoms with Gasteiger partial charge in [-0.1, -0.05) is 22.5 Å². The lowest BCUT2D eigenvalue weighted by atomic mass is 10.4. The van der Waals surface area contributed by atoms with Crippen LogP contribution in [0.15, 0.2) is 29.4 Å². The van der Waals surface area contributed by atoms with Crippen molar-refractivity contribution in [1.29, 1.82) is 0 Å². The zero-order valence-corrected chi connectivity index (χ0v) is 8.13. The monoisotopic (exact) mass is 227 g/mol. The fourth-order valence-corrected chi connectivity index (χ4v) is 0.848. The van der Waals surface area contributed by atoms with Gasteiger partial charge in [-0.25, -0.2) is 4.98 Å². The maximum atomic E-state index is 5.42. The van der Waals surface area contributed by atoms with E-state index in [1.54, 1.807) is 12.3 Å². The molecule has 0 saturated carbocycles. The van der Waals surface area contributed by atoms with Gasteiger partial charge in [-0.15, -0.1) is 0 Å². The highest BCUT2D eigenvalue weighted by Crippen LogP contribution is 2.08. The molecule has 0 aromatic carbocycles. The van der Waals surface area contributed by atoms with Gasteiger partial charge in [0.1, 0.15) is 5.82 Å². The normalized spacial score (nSPS) is 9.42. The Labute approximate surface area is 79.8 Å². The summed E-state index contributed by atoms with van der Waals surface area (Å²) >= 11 is 3.24. The van der Waals surface area contributed by atoms with Crippen molar-refractivity contribution in [2.24, 2.45) is 0 Å². The van der Waals surface area contributed by atoms with Crippen LogP contribution in [0.25, 0.3) is 0 Å². The first kappa shape index (κ1) is 9.06. The second-order valence-electron chi connectivity index (χ2n) is 2.34. The van der Waals surface area contributed by atoms with Gasteiger partial charge in [-0.3, -0.25) is 0 Å². The minimum Gasteiger partial charge on any atom is -0.384 e. The van der Waals surface area contributed by atoms with Crippen LogP contribution in [0.1, 0.15) is 0 Å². The van der Waals surface area contributed by atoms with E-state index in [0.717, 1.165) is 10.2 Å². The number of nitrogens with one attached hydrogen (secondary N) is 1. The number of hydrogen-bond donors (Lipinski definition) is 2. The average Bonchev–Trinajstić information content (AvgIpc) is 2.03. The molecule has 0 fully saturated rings. The molecule has 0 unspecified atom stereocenters. The molecule has 3 nitrogen and oxygen atoms in total. The molecule has 1 aromatic heterocycles. The van der Waals surface area contributed by atoms with Gasteiger partial charge < -0.3 is 11.1 Å². The molecule has 0 radical (unpaired) electrons. The Morgan fingerprint density at radius 2 is 2.42 bits per heavy atom. The van der Waals surface area contributed by atoms with Gasteiger partial charge in [0.05, 0.1) is 11.9 Å². The molecule has 0 aliphatic carbocycles. The second kappa shape index (κ2) is 4.11. The molecule has 0 bridgehead atoms. The van der Waals surface area contributed by atoms with Crippen molar-refractivity contribution in [3.63, 3.8) is 0 Å². The van der Waals surface area contributed by atoms with E-state index in [4.69, 9.17) is 5.73 Å². The van der Waals surface area contributed by atoms with Crippen molar-refractivity contribution < 1.29 is 0 Å². The maximum Gasteiger partial charge on any atom is 0.123 e. The third kappa shape index (κ3) is 2.92. The van der Waals surface area contributed by atoms with Crippen molar-refractivity contribution in [1.82, 2.24) is 4.98 Å². The van der Waals surface area contributed by atoms with Crippen LogP contribution in [0.2, 0.25) is 0 Å². The number of nitrogen functional groups attached to an aromatic ring is 1. The Kier molecular flexibility index (Phi) is 3.10. The number of nitrogens with two attached hydrogens (primary N) is 1. The molecule has 0 aliphatic heterocycles. The Bertz CT molecular complexity index is 268. The SMILES string of the molecule is C=C(Br)CNc1ccc(N)nc1. The molecule has 64 valence electrons. The van der Waals surface area contributed by atoms with E-state index in [-0.39, 0.29) is 0 Å². The third-order valence-electron chi connectivity index (χ3n) is 1.27. The molecular weight excluding hydrogens is 218 g/mol. The number of anilines is 2. The Morgan fingerprint density at radius 1 is 1.67 bits per heavy atom. The topological polar surface area (TPSA) is 50.9 Å². The molecule has 0 spiro atoms. The lowest BCUT2D eigenvalue weighted by Gasteiger charge is -2.03. The van der Waals surface area contributed by atoms with Gasteiger partial charge in [0.15, 0.2) is 0 Å². The maximum absolute atomic E-state index is 5.42. The standard InChI is InChI=1S/C8H10BrN3/c1-6(9)4-11-7-2-3-8(10)12-5-7/h2-3,5,11H,1,4H2,(H2,10,12). The van der Waals surface area contributed by atoms with Crippen LogP contribution >= 0.6 is 15.9 Å². The summed E-state index contributed by atoms with van der Waals surface area (Å²) in [6.45, 7) is 4.38. The molecule has 1 heterocycles. The fourth-order valence-electron chi connectivity index (χ4n) is 0.708. The zero-order valence-electron chi connectivity index (χ0n) is 6.55. The fraction of sp³-hybridized carbons (Fsp3) is 0.125. The van der Waals surface area contributed by atoms with E-state index in [9.17, 15) is 0 Å². The van der Waals surface area contributed by atoms with Crippen LogP contribution in [0, 0.1) is 0 Å². The summed E-state index contributed by atoms with van der Waals surface area (Å²) in [6.07, 6.45) is 1.69. The predicted octanol–water partition coefficient (Wildman–Crippen LogP) is 1.98. The third-order valence-corrected chi connectivity index (χ3v) is 1.55. The van der Waals surface area contributed by atoms with Gasteiger partial charge in [0.25, 0.3) is 0 Å². The first-order valence-electron chi connectivity index (χ1n) is 3.47. The highest BCUT2D eigenvalue weighted by molar-refractivity contribution is 9.11. The van der Waals surface area contributed by atoms with Crippen molar-refractivity contribution in [3.8, 4) is 0 Å². The molecule has 0 aliphatic rings. The molecule has 4 heteroatoms. The van der Waals surface area contributed by atoms with Crippen molar-refractivity contribution in [3.05, 3.63) is 29.4 Å². The number of hydrogen-bond acceptors (Lipinski definition) is 3. The molecule has 0 saturated heterocycles. The average molecular weight is 228 g/mol. The van der Waals surface area contributed by atoms with Gasteiger partial charge in [-0.2, -0.15) is 0 Å². The van der Waals surface area contributed by atoms with Crippen LogP contribution in [0.4, 0.5) is 11.5 Å². The highest BCUT2D eigenvalue weighted by atomic mass is 79.9. The van der Waals surface area contributed by atoms with E-state index in [2.05, 4.69) is 32.8 Å². The van der Waals surface area contributed by atoms with Crippen LogP contribution < -0.4 is 11.1 Å². The van der Waals surface area contributed by atoms with E-state index in [1.165, 1.54) is 0 Å². The molecule has 0 atom stereocenters. The van der Waals surface area contributed by atoms with E-state index < -0.39 is 0 Å². The van der Waals surface area contributed by atoms with Crippen molar-refractivity contribution in [2.75, 3.05) is 17.6 Å². The number of rotatable bonds is 3. The molecular formula is C8H10BrN3. The van der Waals surface area contributed by atoms with Crippen LogP contribution in [-0.2, 0) is 0 Å². The van der Waals surface area contributed by atoms with Gasteiger partial charge >= 0.3 is 0 Å². The van der Waals surface area contributed by atoms with Gasteiger partial charge in [0.2, 0.25) is 0 Å². The Balaban J connectivity index is 2.53. The highest BCUT2D eigenvalue weighted by Gasteiger charge is 1.91. The van der Waals surface area contributed by atoms with Crippen LogP contribution in [-0.4, -0.2) is 11.5 Å². The quantitative estimate of drug-likeness (QED) is 0.831. The van der Waals surface area contributed by atoms with Crippen molar-refractivity contribution in [2.45, 2.75) is 0 Å². The van der Waals surface area contributed by atoms with E-state index >= 15 is 0 Å². The zero-order chi connectivity index (χ0) is 8.97. The number of aromatic nitrogens is 1. The molecule has 12 heavy (non-hydrogen) atoms. The van der Waals surface area contributed by atoms with Crippen LogP contribution in [0.5, 0.6) is 0 Å². The minimum absolute atomic E-state index is 0.526. The lowest BCUT2D eigenvalue weighted by Crippen LogP contribution is -2.01. The summed E-state index contributed by atoms with van der Waals surface area (Å²) in [6, 6.07) is 3.62. The summed E-state index contributed by atoms with van der Waals surface area (Å²) in [4.78, 5) is 3.93. The smallest absolute Gasteiger partial charge is 0.123 e. The lowest BCUT2D eigenvalue weighted by molar-refractivity contribution is 1.27. The Hall–Kier alpha value is -1.03. The molecule has 0 amide bonds. The second-order valence-corrected chi connectivity index (χ2v) is 3.46. The van der Waals surface area contributed by atoms with E-state index in [1.807, 2.05) is 6.07 Å². The summed E-state index contributed by atoms with van der Waals surface area (Å²) in [5.41, 5.74) is 6.35. The summed E-state index contributed by atoms with van der Waals surface area (Å²) in [7, 11) is 0. The van der Waals surface area contributed by atoms with Gasteiger partial charge in [0, 0.05) is 11.0 Å². The summed E-state index contributed by atoms with van der Waals surface area (Å²) < 4.78 is 0.902. The molecule has 1 rings (SSSR count). The summed E-state index contributed by atoms with van der Waals surface area (Å²) in [5.74, 6) is 0.526.